The molecule has 3 rings (SSSR count). The van der Waals surface area contributed by atoms with E-state index in [1.54, 1.807) is 6.26 Å². The molecule has 2 aromatic rings. The molecule has 0 bridgehead atoms. The quantitative estimate of drug-likeness (QED) is 0.856. The molecule has 0 saturated heterocycles. The van der Waals surface area contributed by atoms with Crippen LogP contribution in [0.5, 0.6) is 0 Å². The Hall–Kier alpha value is -2.23. The minimum Gasteiger partial charge on any atom is -0.469 e. The van der Waals surface area contributed by atoms with Gasteiger partial charge < -0.3 is 15.1 Å². The molecule has 1 aliphatic rings. The Morgan fingerprint density at radius 1 is 1.33 bits per heavy atom. The van der Waals surface area contributed by atoms with E-state index < -0.39 is 0 Å². The van der Waals surface area contributed by atoms with Crippen LogP contribution in [0.3, 0.4) is 0 Å². The number of amides is 1. The number of nitrogens with one attached hydrogen (secondary N) is 2. The number of anilines is 1. The Morgan fingerprint density at radius 2 is 2.19 bits per heavy atom. The number of furan rings is 1. The van der Waals surface area contributed by atoms with E-state index in [2.05, 4.69) is 17.6 Å². The molecular formula is C17H20N2O2. The summed E-state index contributed by atoms with van der Waals surface area (Å²) in [7, 11) is 0. The molecule has 4 heteroatoms. The van der Waals surface area contributed by atoms with E-state index in [0.29, 0.717) is 11.6 Å². The normalized spacial score (nSPS) is 15.5. The van der Waals surface area contributed by atoms with Crippen LogP contribution in [-0.2, 0) is 6.42 Å². The number of hydrogen-bond acceptors (Lipinski definition) is 3. The van der Waals surface area contributed by atoms with Gasteiger partial charge in [-0.2, -0.15) is 0 Å². The summed E-state index contributed by atoms with van der Waals surface area (Å²) in [4.78, 5) is 12.0. The van der Waals surface area contributed by atoms with Crippen molar-refractivity contribution in [3.8, 4) is 0 Å². The zero-order valence-electron chi connectivity index (χ0n) is 12.1. The van der Waals surface area contributed by atoms with E-state index in [-0.39, 0.29) is 11.9 Å². The summed E-state index contributed by atoms with van der Waals surface area (Å²) in [6.07, 6.45) is 4.70. The van der Waals surface area contributed by atoms with Crippen molar-refractivity contribution >= 4 is 11.6 Å². The molecule has 1 aromatic carbocycles. The van der Waals surface area contributed by atoms with Gasteiger partial charge in [0, 0.05) is 29.8 Å². The highest BCUT2D eigenvalue weighted by molar-refractivity contribution is 5.95. The van der Waals surface area contributed by atoms with Crippen LogP contribution in [-0.4, -0.2) is 18.0 Å². The van der Waals surface area contributed by atoms with Crippen molar-refractivity contribution in [2.75, 3.05) is 5.32 Å². The summed E-state index contributed by atoms with van der Waals surface area (Å²) in [6.45, 7) is 2.10. The fraction of sp³-hybridized carbons (Fsp3) is 0.353. The Kier molecular flexibility index (Phi) is 3.95. The van der Waals surface area contributed by atoms with Crippen molar-refractivity contribution < 1.29 is 9.21 Å². The van der Waals surface area contributed by atoms with Gasteiger partial charge in [0.2, 0.25) is 0 Å². The Balaban J connectivity index is 1.60. The van der Waals surface area contributed by atoms with Gasteiger partial charge in [0.1, 0.15) is 5.76 Å². The van der Waals surface area contributed by atoms with Gasteiger partial charge in [-0.1, -0.05) is 6.07 Å². The van der Waals surface area contributed by atoms with Crippen molar-refractivity contribution in [2.24, 2.45) is 0 Å². The van der Waals surface area contributed by atoms with Crippen LogP contribution in [0.15, 0.2) is 47.1 Å². The van der Waals surface area contributed by atoms with Crippen molar-refractivity contribution in [3.63, 3.8) is 0 Å². The van der Waals surface area contributed by atoms with Gasteiger partial charge in [0.05, 0.1) is 6.26 Å². The number of hydrogen-bond donors (Lipinski definition) is 2. The third-order valence-corrected chi connectivity index (χ3v) is 3.54. The molecule has 21 heavy (non-hydrogen) atoms. The molecule has 1 amide bonds. The van der Waals surface area contributed by atoms with Crippen LogP contribution in [0.1, 0.15) is 35.9 Å². The highest BCUT2D eigenvalue weighted by Gasteiger charge is 2.23. The Bertz CT molecular complexity index is 603. The van der Waals surface area contributed by atoms with Crippen molar-refractivity contribution in [2.45, 2.75) is 38.3 Å². The largest absolute Gasteiger partial charge is 0.469 e. The Morgan fingerprint density at radius 3 is 2.90 bits per heavy atom. The van der Waals surface area contributed by atoms with Crippen LogP contribution in [0.4, 0.5) is 5.69 Å². The molecule has 1 saturated carbocycles. The first-order valence-electron chi connectivity index (χ1n) is 7.40. The van der Waals surface area contributed by atoms with Crippen LogP contribution in [0.25, 0.3) is 0 Å². The van der Waals surface area contributed by atoms with E-state index in [9.17, 15) is 4.79 Å². The standard InChI is InChI=1S/C17H20N2O2/c1-12(10-16-6-3-9-21-16)18-15-5-2-4-13(11-15)17(20)19-14-7-8-14/h2-6,9,11-12,14,18H,7-8,10H2,1H3,(H,19,20). The summed E-state index contributed by atoms with van der Waals surface area (Å²) in [5.41, 5.74) is 1.66. The fourth-order valence-corrected chi connectivity index (χ4v) is 2.31. The first-order valence-corrected chi connectivity index (χ1v) is 7.40. The minimum atomic E-state index is 0.0137. The second-order valence-electron chi connectivity index (χ2n) is 5.66. The molecule has 1 heterocycles. The predicted molar refractivity (Wildman–Crippen MR) is 82.4 cm³/mol. The first kappa shape index (κ1) is 13.7. The smallest absolute Gasteiger partial charge is 0.251 e. The molecule has 1 unspecified atom stereocenters. The van der Waals surface area contributed by atoms with E-state index in [4.69, 9.17) is 4.42 Å². The monoisotopic (exact) mass is 284 g/mol. The third kappa shape index (κ3) is 3.88. The second kappa shape index (κ2) is 6.04. The van der Waals surface area contributed by atoms with Gasteiger partial charge in [-0.3, -0.25) is 4.79 Å². The number of rotatable bonds is 6. The van der Waals surface area contributed by atoms with Crippen LogP contribution in [0.2, 0.25) is 0 Å². The van der Waals surface area contributed by atoms with Gasteiger partial charge in [-0.05, 0) is 50.1 Å². The summed E-state index contributed by atoms with van der Waals surface area (Å²) >= 11 is 0. The minimum absolute atomic E-state index is 0.0137. The average molecular weight is 284 g/mol. The SMILES string of the molecule is CC(Cc1ccco1)Nc1cccc(C(=O)NC2CC2)c1. The van der Waals surface area contributed by atoms with Crippen LogP contribution in [0, 0.1) is 0 Å². The van der Waals surface area contributed by atoms with Gasteiger partial charge in [-0.25, -0.2) is 0 Å². The third-order valence-electron chi connectivity index (χ3n) is 3.54. The van der Waals surface area contributed by atoms with Crippen molar-refractivity contribution in [1.29, 1.82) is 0 Å². The molecule has 1 aromatic heterocycles. The molecule has 1 aliphatic carbocycles. The lowest BCUT2D eigenvalue weighted by Crippen LogP contribution is -2.25. The van der Waals surface area contributed by atoms with Crippen molar-refractivity contribution in [1.82, 2.24) is 5.32 Å². The molecule has 1 atom stereocenters. The van der Waals surface area contributed by atoms with E-state index >= 15 is 0 Å². The summed E-state index contributed by atoms with van der Waals surface area (Å²) in [5, 5.41) is 6.41. The lowest BCUT2D eigenvalue weighted by Gasteiger charge is -2.15. The van der Waals surface area contributed by atoms with Crippen LogP contribution >= 0.6 is 0 Å². The summed E-state index contributed by atoms with van der Waals surface area (Å²) < 4.78 is 5.35. The summed E-state index contributed by atoms with van der Waals surface area (Å²) in [6, 6.07) is 12.1. The highest BCUT2D eigenvalue weighted by atomic mass is 16.3. The molecule has 110 valence electrons. The topological polar surface area (TPSA) is 54.3 Å². The molecule has 4 nitrogen and oxygen atoms in total. The van der Waals surface area contributed by atoms with Gasteiger partial charge in [0.15, 0.2) is 0 Å². The molecular weight excluding hydrogens is 264 g/mol. The predicted octanol–water partition coefficient (Wildman–Crippen LogP) is 3.21. The fourth-order valence-electron chi connectivity index (χ4n) is 2.31. The molecule has 1 fully saturated rings. The maximum absolute atomic E-state index is 12.0. The lowest BCUT2D eigenvalue weighted by molar-refractivity contribution is 0.0951. The number of carbonyl (C=O) groups is 1. The van der Waals surface area contributed by atoms with E-state index in [0.717, 1.165) is 30.7 Å². The number of carbonyl (C=O) groups excluding carboxylic acids is 1. The second-order valence-corrected chi connectivity index (χ2v) is 5.66. The zero-order valence-corrected chi connectivity index (χ0v) is 12.1. The lowest BCUT2D eigenvalue weighted by atomic mass is 10.1. The molecule has 0 spiro atoms. The maximum Gasteiger partial charge on any atom is 0.251 e. The summed E-state index contributed by atoms with van der Waals surface area (Å²) in [5.74, 6) is 0.970. The number of benzene rings is 1. The van der Waals surface area contributed by atoms with Crippen LogP contribution < -0.4 is 10.6 Å². The average Bonchev–Trinajstić information content (AvgIpc) is 3.13. The zero-order chi connectivity index (χ0) is 14.7. The van der Waals surface area contributed by atoms with Gasteiger partial charge in [0.25, 0.3) is 5.91 Å². The molecule has 0 radical (unpaired) electrons. The Labute approximate surface area is 124 Å². The van der Waals surface area contributed by atoms with E-state index in [1.807, 2.05) is 36.4 Å². The molecule has 0 aliphatic heterocycles. The van der Waals surface area contributed by atoms with Gasteiger partial charge in [-0.15, -0.1) is 0 Å². The van der Waals surface area contributed by atoms with Crippen molar-refractivity contribution in [3.05, 3.63) is 54.0 Å². The van der Waals surface area contributed by atoms with Gasteiger partial charge >= 0.3 is 0 Å². The first-order chi connectivity index (χ1) is 10.2. The highest BCUT2D eigenvalue weighted by Crippen LogP contribution is 2.20. The molecule has 2 N–H and O–H groups in total. The maximum atomic E-state index is 12.0. The van der Waals surface area contributed by atoms with E-state index in [1.165, 1.54) is 0 Å².